The summed E-state index contributed by atoms with van der Waals surface area (Å²) in [5, 5.41) is 19.0. The molecule has 1 aromatic heterocycles. The fourth-order valence-electron chi connectivity index (χ4n) is 3.42. The summed E-state index contributed by atoms with van der Waals surface area (Å²) in [6.45, 7) is 7.45. The molecule has 0 atom stereocenters. The third kappa shape index (κ3) is 3.19. The first-order valence-electron chi connectivity index (χ1n) is 8.84. The number of aromatic nitrogens is 1. The van der Waals surface area contributed by atoms with E-state index in [0.29, 0.717) is 6.42 Å². The van der Waals surface area contributed by atoms with Crippen molar-refractivity contribution < 1.29 is 24.4 Å². The number of rotatable bonds is 6. The van der Waals surface area contributed by atoms with E-state index >= 15 is 0 Å². The molecule has 0 unspecified atom stereocenters. The monoisotopic (exact) mass is 357 g/mol. The van der Waals surface area contributed by atoms with Crippen molar-refractivity contribution >= 4 is 17.4 Å². The molecule has 2 aromatic rings. The van der Waals surface area contributed by atoms with E-state index in [-0.39, 0.29) is 23.6 Å². The van der Waals surface area contributed by atoms with E-state index in [0.717, 1.165) is 17.7 Å². The Labute approximate surface area is 152 Å². The number of para-hydroxylation sites is 1. The van der Waals surface area contributed by atoms with Crippen LogP contribution < -0.4 is 4.84 Å². The van der Waals surface area contributed by atoms with Crippen molar-refractivity contribution in [1.29, 1.82) is 0 Å². The van der Waals surface area contributed by atoms with Gasteiger partial charge in [-0.1, -0.05) is 18.2 Å². The van der Waals surface area contributed by atoms with Crippen LogP contribution >= 0.6 is 0 Å². The number of unbranched alkanes of at least 4 members (excludes halogenated alkanes) is 1. The van der Waals surface area contributed by atoms with Crippen LogP contribution in [0.3, 0.4) is 0 Å². The number of carbonyl (C=O) groups is 1. The summed E-state index contributed by atoms with van der Waals surface area (Å²) in [7, 11) is 0. The highest BCUT2D eigenvalue weighted by Gasteiger charge is 2.42. The minimum absolute atomic E-state index is 0.0129. The van der Waals surface area contributed by atoms with Crippen molar-refractivity contribution in [2.45, 2.75) is 45.4 Å². The van der Waals surface area contributed by atoms with Gasteiger partial charge in [0.1, 0.15) is 6.54 Å². The highest BCUT2D eigenvalue weighted by Crippen LogP contribution is 2.39. The molecule has 0 amide bonds. The Morgan fingerprint density at radius 3 is 2.46 bits per heavy atom. The van der Waals surface area contributed by atoms with Gasteiger partial charge in [0, 0.05) is 43.5 Å². The molecule has 0 saturated carbocycles. The molecule has 0 spiro atoms. The Balaban J connectivity index is 1.56. The van der Waals surface area contributed by atoms with Crippen LogP contribution in [0.5, 0.6) is 11.8 Å². The number of nitrogens with zero attached hydrogens (tertiary/aromatic N) is 2. The SMILES string of the molecule is CC1=[N+](CCCCC(=O)On2c(O)ccc2O)c2ccccc2C1(C)C. The number of hydrogen-bond acceptors (Lipinski definition) is 4. The van der Waals surface area contributed by atoms with Crippen LogP contribution in [-0.4, -0.2) is 37.7 Å². The molecular weight excluding hydrogens is 332 g/mol. The van der Waals surface area contributed by atoms with Gasteiger partial charge in [-0.2, -0.15) is 4.58 Å². The first-order valence-corrected chi connectivity index (χ1v) is 8.84. The van der Waals surface area contributed by atoms with Crippen LogP contribution in [0.25, 0.3) is 0 Å². The van der Waals surface area contributed by atoms with Crippen molar-refractivity contribution in [3.05, 3.63) is 42.0 Å². The average molecular weight is 357 g/mol. The van der Waals surface area contributed by atoms with Crippen molar-refractivity contribution in [1.82, 2.24) is 4.73 Å². The Morgan fingerprint density at radius 1 is 1.12 bits per heavy atom. The molecule has 1 aliphatic rings. The van der Waals surface area contributed by atoms with Gasteiger partial charge in [0.25, 0.3) is 0 Å². The lowest BCUT2D eigenvalue weighted by Gasteiger charge is -2.14. The lowest BCUT2D eigenvalue weighted by molar-refractivity contribution is -0.439. The molecule has 0 aliphatic carbocycles. The fraction of sp³-hybridized carbons (Fsp3) is 0.400. The molecule has 0 fully saturated rings. The van der Waals surface area contributed by atoms with Crippen LogP contribution in [-0.2, 0) is 10.2 Å². The molecule has 0 bridgehead atoms. The van der Waals surface area contributed by atoms with Crippen LogP contribution in [0.15, 0.2) is 36.4 Å². The van der Waals surface area contributed by atoms with Gasteiger partial charge >= 0.3 is 5.97 Å². The van der Waals surface area contributed by atoms with Crippen LogP contribution in [0.1, 0.15) is 45.6 Å². The number of fused-ring (bicyclic) bond motifs is 1. The van der Waals surface area contributed by atoms with Crippen LogP contribution in [0, 0.1) is 0 Å². The lowest BCUT2D eigenvalue weighted by atomic mass is 9.82. The normalized spacial score (nSPS) is 15.2. The predicted molar refractivity (Wildman–Crippen MR) is 98.1 cm³/mol. The van der Waals surface area contributed by atoms with Gasteiger partial charge in [-0.25, -0.2) is 4.79 Å². The maximum Gasteiger partial charge on any atom is 0.333 e. The molecular formula is C20H25N2O4+. The van der Waals surface area contributed by atoms with E-state index in [2.05, 4.69) is 43.5 Å². The summed E-state index contributed by atoms with van der Waals surface area (Å²) in [6.07, 6.45) is 1.71. The highest BCUT2D eigenvalue weighted by molar-refractivity contribution is 5.93. The lowest BCUT2D eigenvalue weighted by Crippen LogP contribution is -2.26. The maximum atomic E-state index is 11.9. The number of benzene rings is 1. The first-order chi connectivity index (χ1) is 12.3. The molecule has 26 heavy (non-hydrogen) atoms. The maximum absolute atomic E-state index is 11.9. The molecule has 3 rings (SSSR count). The molecule has 0 saturated heterocycles. The summed E-state index contributed by atoms with van der Waals surface area (Å²) in [5.74, 6) is -1.11. The number of hydrogen-bond donors (Lipinski definition) is 2. The van der Waals surface area contributed by atoms with Crippen molar-refractivity contribution in [2.75, 3.05) is 6.54 Å². The van der Waals surface area contributed by atoms with Crippen molar-refractivity contribution in [3.8, 4) is 11.8 Å². The van der Waals surface area contributed by atoms with Gasteiger partial charge in [-0.3, -0.25) is 0 Å². The first kappa shape index (κ1) is 18.0. The Kier molecular flexibility index (Phi) is 4.76. The van der Waals surface area contributed by atoms with Gasteiger partial charge in [0.15, 0.2) is 5.71 Å². The zero-order chi connectivity index (χ0) is 18.9. The minimum atomic E-state index is -0.491. The molecule has 6 heteroatoms. The molecule has 0 radical (unpaired) electrons. The molecule has 138 valence electrons. The quantitative estimate of drug-likeness (QED) is 0.615. The molecule has 2 N–H and O–H groups in total. The van der Waals surface area contributed by atoms with E-state index < -0.39 is 5.97 Å². The molecule has 2 heterocycles. The molecule has 6 nitrogen and oxygen atoms in total. The molecule has 1 aliphatic heterocycles. The predicted octanol–water partition coefficient (Wildman–Crippen LogP) is 3.12. The Hall–Kier alpha value is -2.76. The van der Waals surface area contributed by atoms with Crippen molar-refractivity contribution in [2.24, 2.45) is 0 Å². The summed E-state index contributed by atoms with van der Waals surface area (Å²) < 4.78 is 3.05. The largest absolute Gasteiger partial charge is 0.492 e. The van der Waals surface area contributed by atoms with Gasteiger partial charge in [-0.05, 0) is 20.3 Å². The number of carbonyl (C=O) groups excluding carboxylic acids is 1. The highest BCUT2D eigenvalue weighted by atomic mass is 16.7. The van der Waals surface area contributed by atoms with E-state index in [1.54, 1.807) is 0 Å². The second-order valence-corrected chi connectivity index (χ2v) is 7.14. The number of aromatic hydroxyl groups is 2. The minimum Gasteiger partial charge on any atom is -0.492 e. The van der Waals surface area contributed by atoms with Crippen molar-refractivity contribution in [3.63, 3.8) is 0 Å². The van der Waals surface area contributed by atoms with Gasteiger partial charge in [-0.15, -0.1) is 4.73 Å². The van der Waals surface area contributed by atoms with E-state index in [1.165, 1.54) is 29.1 Å². The molecule has 1 aromatic carbocycles. The zero-order valence-electron chi connectivity index (χ0n) is 15.4. The zero-order valence-corrected chi connectivity index (χ0v) is 15.4. The second-order valence-electron chi connectivity index (χ2n) is 7.14. The van der Waals surface area contributed by atoms with E-state index in [1.807, 2.05) is 6.07 Å². The summed E-state index contributed by atoms with van der Waals surface area (Å²) in [6, 6.07) is 10.9. The van der Waals surface area contributed by atoms with Gasteiger partial charge < -0.3 is 15.1 Å². The average Bonchev–Trinajstić information content (AvgIpc) is 3.02. The van der Waals surface area contributed by atoms with E-state index in [9.17, 15) is 15.0 Å². The standard InChI is InChI=1S/C20H24N2O4/c1-14-20(2,3)15-8-4-5-9-16(15)21(14)13-7-6-10-19(25)26-22-17(23)11-12-18(22)24/h4-5,8-9,11-12H,6-7,10,13H2,1-3H3,(H-,23,24)/p+1. The topological polar surface area (TPSA) is 74.7 Å². The van der Waals surface area contributed by atoms with Gasteiger partial charge in [0.05, 0.1) is 5.41 Å². The van der Waals surface area contributed by atoms with Crippen LogP contribution in [0.4, 0.5) is 5.69 Å². The summed E-state index contributed by atoms with van der Waals surface area (Å²) >= 11 is 0. The third-order valence-corrected chi connectivity index (χ3v) is 5.18. The van der Waals surface area contributed by atoms with E-state index in [4.69, 9.17) is 4.84 Å². The summed E-state index contributed by atoms with van der Waals surface area (Å²) in [5.41, 5.74) is 3.89. The summed E-state index contributed by atoms with van der Waals surface area (Å²) in [4.78, 5) is 16.9. The Bertz CT molecular complexity index is 845. The third-order valence-electron chi connectivity index (χ3n) is 5.18. The second kappa shape index (κ2) is 6.86. The van der Waals surface area contributed by atoms with Gasteiger partial charge in [0.2, 0.25) is 17.4 Å². The van der Waals surface area contributed by atoms with Crippen LogP contribution in [0.2, 0.25) is 0 Å². The Morgan fingerprint density at radius 2 is 1.77 bits per heavy atom. The smallest absolute Gasteiger partial charge is 0.333 e. The fourth-order valence-corrected chi connectivity index (χ4v) is 3.42.